The number of nitrogens with zero attached hydrogens (tertiary/aromatic N) is 3. The first-order valence-corrected chi connectivity index (χ1v) is 6.69. The van der Waals surface area contributed by atoms with Gasteiger partial charge in [-0.1, -0.05) is 17.7 Å². The number of amides is 1. The van der Waals surface area contributed by atoms with Crippen LogP contribution in [-0.2, 0) is 4.79 Å². The largest absolute Gasteiger partial charge is 0.342 e. The highest BCUT2D eigenvalue weighted by molar-refractivity contribution is 6.31. The Hall–Kier alpha value is -2.41. The van der Waals surface area contributed by atoms with Crippen LogP contribution < -0.4 is 10.6 Å². The number of halogens is 1. The number of nitrogens with one attached hydrogen (secondary N) is 2. The fourth-order valence-electron chi connectivity index (χ4n) is 2.05. The van der Waals surface area contributed by atoms with Crippen LogP contribution in [-0.4, -0.2) is 32.6 Å². The van der Waals surface area contributed by atoms with E-state index in [4.69, 9.17) is 11.6 Å². The van der Waals surface area contributed by atoms with Crippen LogP contribution in [0.3, 0.4) is 0 Å². The molecule has 8 heteroatoms. The first kappa shape index (κ1) is 13.6. The van der Waals surface area contributed by atoms with E-state index in [0.717, 1.165) is 5.56 Å². The van der Waals surface area contributed by atoms with E-state index in [-0.39, 0.29) is 24.2 Å². The quantitative estimate of drug-likeness (QED) is 0.881. The fraction of sp³-hybridized carbons (Fsp3) is 0.231. The third-order valence-corrected chi connectivity index (χ3v) is 3.66. The summed E-state index contributed by atoms with van der Waals surface area (Å²) in [7, 11) is 0. The molecule has 1 aromatic carbocycles. The van der Waals surface area contributed by atoms with E-state index in [1.807, 2.05) is 13.0 Å². The van der Waals surface area contributed by atoms with E-state index in [1.54, 1.807) is 12.1 Å². The number of carbonyl (C=O) groups excluding carboxylic acids is 2. The van der Waals surface area contributed by atoms with Crippen molar-refractivity contribution in [2.24, 2.45) is 0 Å². The third-order valence-electron chi connectivity index (χ3n) is 3.25. The van der Waals surface area contributed by atoms with Gasteiger partial charge in [-0.2, -0.15) is 0 Å². The summed E-state index contributed by atoms with van der Waals surface area (Å²) < 4.78 is 1.28. The van der Waals surface area contributed by atoms with Crippen LogP contribution in [0, 0.1) is 6.92 Å². The Balaban J connectivity index is 1.74. The smallest absolute Gasteiger partial charge is 0.247 e. The monoisotopic (exact) mass is 305 g/mol. The Morgan fingerprint density at radius 1 is 1.52 bits per heavy atom. The molecule has 0 unspecified atom stereocenters. The molecule has 0 saturated carbocycles. The zero-order valence-electron chi connectivity index (χ0n) is 11.1. The predicted octanol–water partition coefficient (Wildman–Crippen LogP) is 1.70. The maximum absolute atomic E-state index is 12.2. The second-order valence-corrected chi connectivity index (χ2v) is 5.18. The minimum Gasteiger partial charge on any atom is -0.342 e. The average molecular weight is 306 g/mol. The zero-order valence-corrected chi connectivity index (χ0v) is 11.9. The first-order chi connectivity index (χ1) is 10.0. The van der Waals surface area contributed by atoms with Crippen LogP contribution in [0.25, 0.3) is 0 Å². The molecule has 1 aliphatic rings. The van der Waals surface area contributed by atoms with Crippen LogP contribution in [0.4, 0.5) is 11.6 Å². The molecule has 0 fully saturated rings. The fourth-order valence-corrected chi connectivity index (χ4v) is 2.23. The molecular formula is C13H12ClN5O2. The molecule has 0 aliphatic carbocycles. The van der Waals surface area contributed by atoms with E-state index in [1.165, 1.54) is 10.9 Å². The van der Waals surface area contributed by atoms with Gasteiger partial charge in [-0.05, 0) is 24.6 Å². The lowest BCUT2D eigenvalue weighted by Crippen LogP contribution is -2.42. The molecule has 2 aromatic rings. The van der Waals surface area contributed by atoms with E-state index >= 15 is 0 Å². The molecule has 2 N–H and O–H groups in total. The number of aryl methyl sites for hydroxylation is 1. The molecule has 3 rings (SSSR count). The van der Waals surface area contributed by atoms with Crippen molar-refractivity contribution in [3.8, 4) is 0 Å². The van der Waals surface area contributed by atoms with Gasteiger partial charge in [-0.15, -0.1) is 10.2 Å². The maximum atomic E-state index is 12.2. The summed E-state index contributed by atoms with van der Waals surface area (Å²) in [6.45, 7) is 1.88. The number of aromatic nitrogens is 3. The minimum atomic E-state index is -0.686. The lowest BCUT2D eigenvalue weighted by atomic mass is 10.1. The SMILES string of the molecule is Cc1ccc(NC(=O)[C@H]2CC(=O)n3cnnc3N2)cc1Cl. The number of benzene rings is 1. The van der Waals surface area contributed by atoms with E-state index in [9.17, 15) is 9.59 Å². The summed E-state index contributed by atoms with van der Waals surface area (Å²) in [6, 6.07) is 4.55. The van der Waals surface area contributed by atoms with Gasteiger partial charge in [0.1, 0.15) is 12.4 Å². The second-order valence-electron chi connectivity index (χ2n) is 4.77. The Bertz CT molecular complexity index is 727. The molecule has 7 nitrogen and oxygen atoms in total. The molecule has 1 aromatic heterocycles. The predicted molar refractivity (Wildman–Crippen MR) is 77.5 cm³/mol. The van der Waals surface area contributed by atoms with Crippen LogP contribution in [0.15, 0.2) is 24.5 Å². The second kappa shape index (κ2) is 5.17. The van der Waals surface area contributed by atoms with Gasteiger partial charge in [0.15, 0.2) is 0 Å². The minimum absolute atomic E-state index is 0.0382. The van der Waals surface area contributed by atoms with Crippen LogP contribution >= 0.6 is 11.6 Å². The maximum Gasteiger partial charge on any atom is 0.247 e. The summed E-state index contributed by atoms with van der Waals surface area (Å²) in [5, 5.41) is 13.6. The molecule has 21 heavy (non-hydrogen) atoms. The van der Waals surface area contributed by atoms with Crippen LogP contribution in [0.5, 0.6) is 0 Å². The number of fused-ring (bicyclic) bond motifs is 1. The van der Waals surface area contributed by atoms with E-state index in [2.05, 4.69) is 20.8 Å². The van der Waals surface area contributed by atoms with Crippen molar-refractivity contribution in [3.05, 3.63) is 35.1 Å². The van der Waals surface area contributed by atoms with Crippen LogP contribution in [0.1, 0.15) is 16.8 Å². The van der Waals surface area contributed by atoms with Crippen molar-refractivity contribution in [2.45, 2.75) is 19.4 Å². The van der Waals surface area contributed by atoms with Crippen LogP contribution in [0.2, 0.25) is 5.02 Å². The lowest BCUT2D eigenvalue weighted by Gasteiger charge is -2.22. The Labute approximate surface area is 125 Å². The molecule has 1 amide bonds. The lowest BCUT2D eigenvalue weighted by molar-refractivity contribution is -0.117. The normalized spacial score (nSPS) is 17.0. The van der Waals surface area contributed by atoms with Gasteiger partial charge in [0.05, 0.1) is 6.42 Å². The van der Waals surface area contributed by atoms with E-state index < -0.39 is 6.04 Å². The Morgan fingerprint density at radius 2 is 2.33 bits per heavy atom. The molecular weight excluding hydrogens is 294 g/mol. The van der Waals surface area contributed by atoms with Gasteiger partial charge < -0.3 is 10.6 Å². The summed E-state index contributed by atoms with van der Waals surface area (Å²) in [5.41, 5.74) is 1.51. The highest BCUT2D eigenvalue weighted by Crippen LogP contribution is 2.21. The molecule has 0 saturated heterocycles. The molecule has 108 valence electrons. The highest BCUT2D eigenvalue weighted by Gasteiger charge is 2.30. The van der Waals surface area contributed by atoms with Crippen molar-refractivity contribution in [2.75, 3.05) is 10.6 Å². The molecule has 2 heterocycles. The Morgan fingerprint density at radius 3 is 3.10 bits per heavy atom. The number of hydrogen-bond donors (Lipinski definition) is 2. The van der Waals surface area contributed by atoms with Crippen molar-refractivity contribution in [3.63, 3.8) is 0 Å². The standard InChI is InChI=1S/C13H12ClN5O2/c1-7-2-3-8(4-9(7)14)16-12(21)10-5-11(20)19-6-15-18-13(19)17-10/h2-4,6,10H,5H2,1H3,(H,16,21)(H,17,18)/t10-/m1/s1. The van der Waals surface area contributed by atoms with Gasteiger partial charge >= 0.3 is 0 Å². The van der Waals surface area contributed by atoms with Gasteiger partial charge in [0.2, 0.25) is 17.8 Å². The summed E-state index contributed by atoms with van der Waals surface area (Å²) in [5.74, 6) is -0.276. The van der Waals surface area contributed by atoms with Gasteiger partial charge in [0, 0.05) is 10.7 Å². The topological polar surface area (TPSA) is 88.9 Å². The van der Waals surface area contributed by atoms with Crippen molar-refractivity contribution < 1.29 is 9.59 Å². The number of anilines is 2. The third kappa shape index (κ3) is 2.59. The van der Waals surface area contributed by atoms with Crippen molar-refractivity contribution in [1.29, 1.82) is 0 Å². The van der Waals surface area contributed by atoms with E-state index in [0.29, 0.717) is 10.7 Å². The summed E-state index contributed by atoms with van der Waals surface area (Å²) >= 11 is 6.02. The summed E-state index contributed by atoms with van der Waals surface area (Å²) in [6.07, 6.45) is 1.36. The molecule has 0 radical (unpaired) electrons. The number of hydrogen-bond acceptors (Lipinski definition) is 5. The van der Waals surface area contributed by atoms with Crippen molar-refractivity contribution >= 4 is 35.1 Å². The summed E-state index contributed by atoms with van der Waals surface area (Å²) in [4.78, 5) is 24.1. The highest BCUT2D eigenvalue weighted by atomic mass is 35.5. The molecule has 1 atom stereocenters. The zero-order chi connectivity index (χ0) is 15.0. The molecule has 1 aliphatic heterocycles. The molecule has 0 bridgehead atoms. The number of rotatable bonds is 2. The van der Waals surface area contributed by atoms with Gasteiger partial charge in [0.25, 0.3) is 0 Å². The first-order valence-electron chi connectivity index (χ1n) is 6.31. The van der Waals surface area contributed by atoms with Gasteiger partial charge in [-0.3, -0.25) is 9.59 Å². The Kier molecular flexibility index (Phi) is 3.34. The van der Waals surface area contributed by atoms with Gasteiger partial charge in [-0.25, -0.2) is 4.57 Å². The molecule has 0 spiro atoms. The number of carbonyl (C=O) groups is 2. The average Bonchev–Trinajstić information content (AvgIpc) is 2.92. The van der Waals surface area contributed by atoms with Crippen molar-refractivity contribution in [1.82, 2.24) is 14.8 Å².